The van der Waals surface area contributed by atoms with Gasteiger partial charge in [0.05, 0.1) is 30.3 Å². The van der Waals surface area contributed by atoms with Crippen molar-refractivity contribution in [3.8, 4) is 0 Å². The summed E-state index contributed by atoms with van der Waals surface area (Å²) in [6.45, 7) is 4.91. The third-order valence-electron chi connectivity index (χ3n) is 8.86. The van der Waals surface area contributed by atoms with E-state index in [0.29, 0.717) is 37.9 Å². The van der Waals surface area contributed by atoms with Crippen LogP contribution in [0.2, 0.25) is 0 Å². The molecule has 228 valence electrons. The first kappa shape index (κ1) is 31.1. The van der Waals surface area contributed by atoms with Crippen molar-refractivity contribution in [2.24, 2.45) is 29.6 Å². The zero-order valence-electron chi connectivity index (χ0n) is 24.1. The molecular formula is C30H41BN2O8S. The molecule has 5 rings (SSSR count). The summed E-state index contributed by atoms with van der Waals surface area (Å²) in [7, 11) is -5.74. The SMILES string of the molecule is CC(C)CN(C[C@@H](O)[C@H](Cc1ccccc1)NC(=O)C[C@H]1C2CO[C@H]3OC[C@@H]1C3C2)S(=O)(=O)c1ccc(B(O)O)cc1. The molecule has 4 N–H and O–H groups in total. The van der Waals surface area contributed by atoms with Crippen LogP contribution >= 0.6 is 0 Å². The van der Waals surface area contributed by atoms with E-state index in [9.17, 15) is 28.4 Å². The third kappa shape index (κ3) is 6.91. The number of rotatable bonds is 13. The number of fused-ring (bicyclic) bond motifs is 1. The molecule has 2 bridgehead atoms. The van der Waals surface area contributed by atoms with E-state index in [-0.39, 0.29) is 53.4 Å². The standard InChI is InChI=1S/C30H41BN2O8S/c1-19(2)15-33(42(38,39)23-10-8-22(9-11-23)31(36)37)16-28(34)27(12-20-6-4-3-5-7-20)32-29(35)14-24-21-13-25-26(24)18-41-30(25)40-17-21/h3-11,19,21,24-28,30,34,36-37H,12-18H2,1-2H3,(H,32,35)/t21?,24-,25?,26-,27-,28+,30-/m0/s1. The first-order valence-electron chi connectivity index (χ1n) is 14.7. The number of aliphatic hydroxyl groups is 1. The molecule has 1 aliphatic carbocycles. The summed E-state index contributed by atoms with van der Waals surface area (Å²) < 4.78 is 40.2. The number of hydrogen-bond donors (Lipinski definition) is 4. The van der Waals surface area contributed by atoms with Crippen LogP contribution in [0.25, 0.3) is 0 Å². The molecule has 2 aromatic rings. The predicted octanol–water partition coefficient (Wildman–Crippen LogP) is 0.747. The molecule has 0 spiro atoms. The second-order valence-electron chi connectivity index (χ2n) is 12.3. The summed E-state index contributed by atoms with van der Waals surface area (Å²) in [6.07, 6.45) is 0.294. The third-order valence-corrected chi connectivity index (χ3v) is 10.7. The van der Waals surface area contributed by atoms with E-state index < -0.39 is 29.3 Å². The van der Waals surface area contributed by atoms with Gasteiger partial charge in [-0.25, -0.2) is 8.42 Å². The smallest absolute Gasteiger partial charge is 0.423 e. The number of carbonyl (C=O) groups is 1. The molecule has 0 aromatic heterocycles. The zero-order valence-corrected chi connectivity index (χ0v) is 24.9. The lowest BCUT2D eigenvalue weighted by Crippen LogP contribution is -2.51. The highest BCUT2D eigenvalue weighted by Crippen LogP contribution is 2.52. The Morgan fingerprint density at radius 2 is 1.71 bits per heavy atom. The molecular weight excluding hydrogens is 559 g/mol. The van der Waals surface area contributed by atoms with Crippen molar-refractivity contribution in [3.05, 3.63) is 60.2 Å². The average molecular weight is 601 g/mol. The maximum Gasteiger partial charge on any atom is 0.488 e. The van der Waals surface area contributed by atoms with Crippen LogP contribution in [-0.4, -0.2) is 85.6 Å². The normalized spacial score (nSPS) is 26.4. The van der Waals surface area contributed by atoms with E-state index in [4.69, 9.17) is 9.47 Å². The summed E-state index contributed by atoms with van der Waals surface area (Å²) >= 11 is 0. The van der Waals surface area contributed by atoms with E-state index in [1.807, 2.05) is 44.2 Å². The number of aliphatic hydroxyl groups excluding tert-OH is 1. The Bertz CT molecular complexity index is 1310. The lowest BCUT2D eigenvalue weighted by atomic mass is 9.81. The number of amides is 1. The van der Waals surface area contributed by atoms with Gasteiger partial charge in [-0.15, -0.1) is 0 Å². The van der Waals surface area contributed by atoms with Gasteiger partial charge in [-0.05, 0) is 59.7 Å². The molecule has 1 saturated carbocycles. The van der Waals surface area contributed by atoms with Gasteiger partial charge in [-0.1, -0.05) is 56.3 Å². The Balaban J connectivity index is 1.33. The Morgan fingerprint density at radius 3 is 2.38 bits per heavy atom. The first-order valence-corrected chi connectivity index (χ1v) is 16.2. The molecule has 42 heavy (non-hydrogen) atoms. The van der Waals surface area contributed by atoms with Gasteiger partial charge >= 0.3 is 7.12 Å². The number of nitrogens with zero attached hydrogens (tertiary/aromatic N) is 1. The minimum absolute atomic E-state index is 0.0185. The fraction of sp³-hybridized carbons (Fsp3) is 0.567. The second-order valence-corrected chi connectivity index (χ2v) is 14.3. The van der Waals surface area contributed by atoms with Gasteiger partial charge in [0.1, 0.15) is 0 Å². The van der Waals surface area contributed by atoms with E-state index in [1.165, 1.54) is 28.6 Å². The van der Waals surface area contributed by atoms with Crippen LogP contribution in [0.4, 0.5) is 0 Å². The number of ether oxygens (including phenoxy) is 2. The average Bonchev–Trinajstić information content (AvgIpc) is 3.49. The minimum atomic E-state index is -4.03. The summed E-state index contributed by atoms with van der Waals surface area (Å²) in [5.74, 6) is 0.873. The van der Waals surface area contributed by atoms with Crippen LogP contribution in [0.15, 0.2) is 59.5 Å². The van der Waals surface area contributed by atoms with Crippen molar-refractivity contribution in [2.75, 3.05) is 26.3 Å². The van der Waals surface area contributed by atoms with Gasteiger partial charge in [-0.2, -0.15) is 4.31 Å². The van der Waals surface area contributed by atoms with Gasteiger partial charge in [0.25, 0.3) is 0 Å². The molecule has 2 saturated heterocycles. The van der Waals surface area contributed by atoms with Crippen molar-refractivity contribution in [3.63, 3.8) is 0 Å². The Labute approximate surface area is 248 Å². The highest BCUT2D eigenvalue weighted by molar-refractivity contribution is 7.89. The molecule has 3 aliphatic rings. The van der Waals surface area contributed by atoms with Crippen molar-refractivity contribution in [1.82, 2.24) is 9.62 Å². The molecule has 2 aromatic carbocycles. The van der Waals surface area contributed by atoms with Crippen LogP contribution in [0.5, 0.6) is 0 Å². The second kappa shape index (κ2) is 13.1. The number of benzene rings is 2. The van der Waals surface area contributed by atoms with Gasteiger partial charge in [0.15, 0.2) is 6.29 Å². The Hall–Kier alpha value is -2.32. The van der Waals surface area contributed by atoms with Gasteiger partial charge in [0, 0.05) is 25.4 Å². The lowest BCUT2D eigenvalue weighted by Gasteiger charge is -2.31. The molecule has 3 fully saturated rings. The highest BCUT2D eigenvalue weighted by Gasteiger charge is 2.54. The minimum Gasteiger partial charge on any atom is -0.423 e. The van der Waals surface area contributed by atoms with Gasteiger partial charge < -0.3 is 29.9 Å². The van der Waals surface area contributed by atoms with Crippen LogP contribution in [0.3, 0.4) is 0 Å². The maximum absolute atomic E-state index is 13.7. The predicted molar refractivity (Wildman–Crippen MR) is 157 cm³/mol. The largest absolute Gasteiger partial charge is 0.488 e. The van der Waals surface area contributed by atoms with Crippen molar-refractivity contribution in [2.45, 2.75) is 56.4 Å². The summed E-state index contributed by atoms with van der Waals surface area (Å²) in [4.78, 5) is 13.4. The van der Waals surface area contributed by atoms with E-state index in [1.54, 1.807) is 0 Å². The summed E-state index contributed by atoms with van der Waals surface area (Å²) in [5, 5.41) is 33.4. The fourth-order valence-corrected chi connectivity index (χ4v) is 8.38. The molecule has 10 nitrogen and oxygen atoms in total. The highest BCUT2D eigenvalue weighted by atomic mass is 32.2. The molecule has 7 atom stereocenters. The molecule has 2 heterocycles. The van der Waals surface area contributed by atoms with Crippen molar-refractivity contribution >= 4 is 28.5 Å². The summed E-state index contributed by atoms with van der Waals surface area (Å²) in [6, 6.07) is 14.1. The molecule has 2 unspecified atom stereocenters. The fourth-order valence-electron chi connectivity index (χ4n) is 6.76. The number of carbonyl (C=O) groups excluding carboxylic acids is 1. The number of sulfonamides is 1. The monoisotopic (exact) mass is 600 g/mol. The number of nitrogens with one attached hydrogen (secondary N) is 1. The molecule has 0 radical (unpaired) electrons. The molecule has 12 heteroatoms. The number of hydrogen-bond acceptors (Lipinski definition) is 8. The first-order chi connectivity index (χ1) is 20.0. The van der Waals surface area contributed by atoms with E-state index >= 15 is 0 Å². The maximum atomic E-state index is 13.7. The van der Waals surface area contributed by atoms with E-state index in [2.05, 4.69) is 5.32 Å². The Morgan fingerprint density at radius 1 is 1.02 bits per heavy atom. The topological polar surface area (TPSA) is 146 Å². The molecule has 2 aliphatic heterocycles. The van der Waals surface area contributed by atoms with Crippen LogP contribution in [0, 0.1) is 29.6 Å². The van der Waals surface area contributed by atoms with Crippen LogP contribution < -0.4 is 10.8 Å². The van der Waals surface area contributed by atoms with Gasteiger partial charge in [0.2, 0.25) is 15.9 Å². The van der Waals surface area contributed by atoms with Crippen LogP contribution in [0.1, 0.15) is 32.3 Å². The molecule has 1 amide bonds. The van der Waals surface area contributed by atoms with Crippen molar-refractivity contribution < 1.29 is 37.8 Å². The van der Waals surface area contributed by atoms with E-state index in [0.717, 1.165) is 12.0 Å². The lowest BCUT2D eigenvalue weighted by molar-refractivity contribution is -0.165. The quantitative estimate of drug-likeness (QED) is 0.247. The Kier molecular flexibility index (Phi) is 9.73. The van der Waals surface area contributed by atoms with Crippen molar-refractivity contribution in [1.29, 1.82) is 0 Å². The van der Waals surface area contributed by atoms with Gasteiger partial charge in [-0.3, -0.25) is 4.79 Å². The van der Waals surface area contributed by atoms with Crippen LogP contribution in [-0.2, 0) is 30.7 Å². The summed E-state index contributed by atoms with van der Waals surface area (Å²) in [5.41, 5.74) is 1.09. The zero-order chi connectivity index (χ0) is 30.0.